The summed E-state index contributed by atoms with van der Waals surface area (Å²) in [5.41, 5.74) is 0. The molecule has 1 N–H and O–H groups in total. The Morgan fingerprint density at radius 3 is 2.58 bits per heavy atom. The summed E-state index contributed by atoms with van der Waals surface area (Å²) >= 11 is 0. The molecular weight excluding hydrogens is 310 g/mol. The molecule has 0 saturated heterocycles. The smallest absolute Gasteiger partial charge is 0.306 e. The molecule has 1 aliphatic heterocycles. The summed E-state index contributed by atoms with van der Waals surface area (Å²) < 4.78 is 11.6. The molecule has 1 unspecified atom stereocenters. The first kappa shape index (κ1) is 16.6. The maximum Gasteiger partial charge on any atom is 0.306 e. The van der Waals surface area contributed by atoms with Crippen LogP contribution in [0.5, 0.6) is 11.5 Å². The van der Waals surface area contributed by atoms with Gasteiger partial charge in [-0.15, -0.1) is 0 Å². The van der Waals surface area contributed by atoms with E-state index in [2.05, 4.69) is 0 Å². The maximum absolute atomic E-state index is 12.7. The first-order valence-corrected chi connectivity index (χ1v) is 8.48. The number of aliphatic carboxylic acids is 1. The number of carbonyl (C=O) groups excluding carboxylic acids is 1. The van der Waals surface area contributed by atoms with E-state index < -0.39 is 11.9 Å². The van der Waals surface area contributed by atoms with Gasteiger partial charge in [0.25, 0.3) is 0 Å². The monoisotopic (exact) mass is 333 g/mol. The van der Waals surface area contributed by atoms with Crippen LogP contribution in [0.2, 0.25) is 0 Å². The number of ether oxygens (including phenoxy) is 2. The number of carboxylic acids is 1. The third-order valence-corrected chi connectivity index (χ3v) is 4.82. The zero-order valence-corrected chi connectivity index (χ0v) is 13.8. The Kier molecular flexibility index (Phi) is 4.92. The van der Waals surface area contributed by atoms with E-state index >= 15 is 0 Å². The number of rotatable bonds is 5. The van der Waals surface area contributed by atoms with Crippen molar-refractivity contribution in [3.63, 3.8) is 0 Å². The number of fused-ring (bicyclic) bond motifs is 1. The van der Waals surface area contributed by atoms with Crippen LogP contribution in [0, 0.1) is 11.8 Å². The van der Waals surface area contributed by atoms with Gasteiger partial charge in [-0.25, -0.2) is 0 Å². The molecular formula is C18H23NO5. The van der Waals surface area contributed by atoms with E-state index in [1.807, 2.05) is 31.2 Å². The molecule has 6 heteroatoms. The van der Waals surface area contributed by atoms with Crippen molar-refractivity contribution < 1.29 is 24.2 Å². The zero-order valence-electron chi connectivity index (χ0n) is 13.8. The van der Waals surface area contributed by atoms with Crippen molar-refractivity contribution >= 4 is 11.9 Å². The molecule has 0 radical (unpaired) electrons. The van der Waals surface area contributed by atoms with Crippen LogP contribution < -0.4 is 9.47 Å². The van der Waals surface area contributed by atoms with Gasteiger partial charge < -0.3 is 19.5 Å². The van der Waals surface area contributed by atoms with E-state index in [0.717, 1.165) is 5.75 Å². The van der Waals surface area contributed by atoms with Crippen molar-refractivity contribution in [1.29, 1.82) is 0 Å². The lowest BCUT2D eigenvalue weighted by molar-refractivity contribution is -0.141. The lowest BCUT2D eigenvalue weighted by Crippen LogP contribution is -2.45. The molecule has 0 spiro atoms. The quantitative estimate of drug-likeness (QED) is 0.894. The standard InChI is InChI=1S/C18H23NO5/c1-2-19(17(20)12-7-8-13(9-12)18(21)22)10-14-11-23-15-5-3-4-6-16(15)24-14/h3-6,12-14H,2,7-11H2,1H3,(H,21,22)/t12-,13+,14?/m1/s1. The fourth-order valence-electron chi connectivity index (χ4n) is 3.46. The molecule has 1 fully saturated rings. The molecule has 1 saturated carbocycles. The topological polar surface area (TPSA) is 76.1 Å². The second kappa shape index (κ2) is 7.11. The number of hydrogen-bond donors (Lipinski definition) is 1. The number of carbonyl (C=O) groups is 2. The van der Waals surface area contributed by atoms with Gasteiger partial charge in [0.05, 0.1) is 12.5 Å². The van der Waals surface area contributed by atoms with Gasteiger partial charge in [-0.3, -0.25) is 9.59 Å². The van der Waals surface area contributed by atoms with Gasteiger partial charge >= 0.3 is 5.97 Å². The highest BCUT2D eigenvalue weighted by atomic mass is 16.6. The third kappa shape index (κ3) is 3.47. The Hall–Kier alpha value is -2.24. The van der Waals surface area contributed by atoms with Crippen molar-refractivity contribution in [1.82, 2.24) is 4.90 Å². The lowest BCUT2D eigenvalue weighted by atomic mass is 10.0. The van der Waals surface area contributed by atoms with E-state index in [0.29, 0.717) is 44.7 Å². The summed E-state index contributed by atoms with van der Waals surface area (Å²) in [7, 11) is 0. The second-order valence-electron chi connectivity index (χ2n) is 6.42. The Labute approximate surface area is 141 Å². The number of benzene rings is 1. The minimum atomic E-state index is -0.797. The number of hydrogen-bond acceptors (Lipinski definition) is 4. The van der Waals surface area contributed by atoms with Crippen LogP contribution in [-0.2, 0) is 9.59 Å². The molecule has 3 atom stereocenters. The van der Waals surface area contributed by atoms with E-state index in [4.69, 9.17) is 14.6 Å². The molecule has 3 rings (SSSR count). The number of carboxylic acid groups (broad SMARTS) is 1. The van der Waals surface area contributed by atoms with Gasteiger partial charge in [-0.1, -0.05) is 12.1 Å². The average molecular weight is 333 g/mol. The average Bonchev–Trinajstić information content (AvgIpc) is 3.09. The zero-order chi connectivity index (χ0) is 17.1. The van der Waals surface area contributed by atoms with Gasteiger partial charge in [-0.2, -0.15) is 0 Å². The summed E-state index contributed by atoms with van der Waals surface area (Å²) in [6, 6.07) is 7.49. The van der Waals surface area contributed by atoms with Gasteiger partial charge in [0, 0.05) is 12.5 Å². The molecule has 1 aromatic carbocycles. The van der Waals surface area contributed by atoms with E-state index in [1.54, 1.807) is 4.90 Å². The molecule has 130 valence electrons. The summed E-state index contributed by atoms with van der Waals surface area (Å²) in [6.07, 6.45) is 1.47. The highest BCUT2D eigenvalue weighted by Crippen LogP contribution is 2.33. The molecule has 1 aromatic rings. The van der Waals surface area contributed by atoms with Crippen molar-refractivity contribution in [3.8, 4) is 11.5 Å². The van der Waals surface area contributed by atoms with E-state index in [-0.39, 0.29) is 17.9 Å². The molecule has 1 amide bonds. The van der Waals surface area contributed by atoms with Crippen LogP contribution in [0.25, 0.3) is 0 Å². The van der Waals surface area contributed by atoms with Gasteiger partial charge in [0.2, 0.25) is 5.91 Å². The summed E-state index contributed by atoms with van der Waals surface area (Å²) in [5.74, 6) is 0.0756. The SMILES string of the molecule is CCN(CC1COc2ccccc2O1)C(=O)[C@@H]1CC[C@H](C(=O)O)C1. The number of para-hydroxylation sites is 2. The van der Waals surface area contributed by atoms with Crippen molar-refractivity contribution in [2.75, 3.05) is 19.7 Å². The van der Waals surface area contributed by atoms with E-state index in [1.165, 1.54) is 0 Å². The first-order chi connectivity index (χ1) is 11.6. The van der Waals surface area contributed by atoms with Crippen molar-refractivity contribution in [2.24, 2.45) is 11.8 Å². The Morgan fingerprint density at radius 2 is 1.92 bits per heavy atom. The molecule has 0 bridgehead atoms. The fourth-order valence-corrected chi connectivity index (χ4v) is 3.46. The largest absolute Gasteiger partial charge is 0.486 e. The summed E-state index contributed by atoms with van der Waals surface area (Å²) in [4.78, 5) is 25.5. The molecule has 6 nitrogen and oxygen atoms in total. The predicted octanol–water partition coefficient (Wildman–Crippen LogP) is 2.18. The first-order valence-electron chi connectivity index (χ1n) is 8.48. The Balaban J connectivity index is 1.59. The highest BCUT2D eigenvalue weighted by molar-refractivity contribution is 5.81. The number of likely N-dealkylation sites (N-methyl/N-ethyl adjacent to an activating group) is 1. The van der Waals surface area contributed by atoms with Crippen LogP contribution >= 0.6 is 0 Å². The van der Waals surface area contributed by atoms with Crippen LogP contribution in [0.15, 0.2) is 24.3 Å². The number of amides is 1. The summed E-state index contributed by atoms with van der Waals surface area (Å²) in [5, 5.41) is 9.10. The van der Waals surface area contributed by atoms with Crippen LogP contribution in [-0.4, -0.2) is 47.7 Å². The normalized spacial score (nSPS) is 25.3. The minimum absolute atomic E-state index is 0.0312. The molecule has 1 aliphatic carbocycles. The van der Waals surface area contributed by atoms with Gasteiger partial charge in [-0.05, 0) is 38.3 Å². The highest BCUT2D eigenvalue weighted by Gasteiger charge is 2.36. The molecule has 0 aromatic heterocycles. The van der Waals surface area contributed by atoms with E-state index in [9.17, 15) is 9.59 Å². The minimum Gasteiger partial charge on any atom is -0.486 e. The fraction of sp³-hybridized carbons (Fsp3) is 0.556. The van der Waals surface area contributed by atoms with Crippen LogP contribution in [0.4, 0.5) is 0 Å². The Bertz CT molecular complexity index is 617. The molecule has 24 heavy (non-hydrogen) atoms. The van der Waals surface area contributed by atoms with Crippen LogP contribution in [0.3, 0.4) is 0 Å². The summed E-state index contributed by atoms with van der Waals surface area (Å²) in [6.45, 7) is 3.37. The predicted molar refractivity (Wildman–Crippen MR) is 87.1 cm³/mol. The Morgan fingerprint density at radius 1 is 1.21 bits per heavy atom. The molecule has 2 aliphatic rings. The van der Waals surface area contributed by atoms with Crippen molar-refractivity contribution in [2.45, 2.75) is 32.3 Å². The van der Waals surface area contributed by atoms with Crippen molar-refractivity contribution in [3.05, 3.63) is 24.3 Å². The van der Waals surface area contributed by atoms with Gasteiger partial charge in [0.1, 0.15) is 6.61 Å². The maximum atomic E-state index is 12.7. The lowest BCUT2D eigenvalue weighted by Gasteiger charge is -2.32. The number of nitrogens with zero attached hydrogens (tertiary/aromatic N) is 1. The van der Waals surface area contributed by atoms with Gasteiger partial charge in [0.15, 0.2) is 17.6 Å². The third-order valence-electron chi connectivity index (χ3n) is 4.82. The second-order valence-corrected chi connectivity index (χ2v) is 6.42. The molecule has 1 heterocycles. The van der Waals surface area contributed by atoms with Crippen LogP contribution in [0.1, 0.15) is 26.2 Å².